The number of imide groups is 1. The Morgan fingerprint density at radius 3 is 2.19 bits per heavy atom. The van der Waals surface area contributed by atoms with Crippen LogP contribution >= 0.6 is 0 Å². The quantitative estimate of drug-likeness (QED) is 0.0332. The summed E-state index contributed by atoms with van der Waals surface area (Å²) in [6.45, 7) is 10.7. The predicted molar refractivity (Wildman–Crippen MR) is 236 cm³/mol. The van der Waals surface area contributed by atoms with Crippen LogP contribution in [0.4, 0.5) is 11.4 Å². The summed E-state index contributed by atoms with van der Waals surface area (Å²) < 4.78 is 16.0. The van der Waals surface area contributed by atoms with Gasteiger partial charge in [0.05, 0.1) is 31.4 Å². The molecule has 0 saturated heterocycles. The molecular weight excluding hydrogens is 801 g/mol. The zero-order valence-corrected chi connectivity index (χ0v) is 36.9. The van der Waals surface area contributed by atoms with Gasteiger partial charge in [-0.1, -0.05) is 51.5 Å². The van der Waals surface area contributed by atoms with E-state index in [9.17, 15) is 24.0 Å². The summed E-state index contributed by atoms with van der Waals surface area (Å²) in [7, 11) is 6.60. The Morgan fingerprint density at radius 1 is 0.984 bits per heavy atom. The number of fused-ring (bicyclic) bond motifs is 1. The van der Waals surface area contributed by atoms with E-state index in [4.69, 9.17) is 29.3 Å². The number of nitrogens with two attached hydrogens (primary N) is 1. The number of nitrogens with one attached hydrogen (secondary N) is 4. The highest BCUT2D eigenvalue weighted by Gasteiger charge is 2.41. The fraction of sp³-hybridized carbons (Fsp3) is 0.386. The van der Waals surface area contributed by atoms with E-state index in [0.717, 1.165) is 34.7 Å². The summed E-state index contributed by atoms with van der Waals surface area (Å²) in [4.78, 5) is 77.4. The van der Waals surface area contributed by atoms with Gasteiger partial charge in [-0.05, 0) is 92.4 Å². The Morgan fingerprint density at radius 2 is 1.66 bits per heavy atom. The summed E-state index contributed by atoms with van der Waals surface area (Å²) in [5, 5.41) is 13.5. The molecule has 0 spiro atoms. The van der Waals surface area contributed by atoms with Crippen LogP contribution in [0.1, 0.15) is 92.1 Å². The second kappa shape index (κ2) is 27.7. The van der Waals surface area contributed by atoms with Crippen molar-refractivity contribution in [3.05, 3.63) is 82.5 Å². The molecule has 1 aliphatic rings. The van der Waals surface area contributed by atoms with Crippen LogP contribution in [0.15, 0.2) is 65.5 Å². The normalized spacial score (nSPS) is 12.0. The summed E-state index contributed by atoms with van der Waals surface area (Å²) >= 11 is 0. The zero-order valence-electron chi connectivity index (χ0n) is 36.9. The Kier molecular flexibility index (Phi) is 23.7. The van der Waals surface area contributed by atoms with Crippen LogP contribution in [-0.2, 0) is 29.4 Å². The maximum Gasteiger partial charge on any atom is 0.265 e. The number of aldehydes is 2. The van der Waals surface area contributed by atoms with Crippen LogP contribution < -0.4 is 40.9 Å². The Hall–Kier alpha value is -6.95. The van der Waals surface area contributed by atoms with Crippen molar-refractivity contribution in [1.29, 1.82) is 5.53 Å². The third kappa shape index (κ3) is 15.9. The summed E-state index contributed by atoms with van der Waals surface area (Å²) in [5.41, 5.74) is 16.2. The molecule has 1 aliphatic heterocycles. The van der Waals surface area contributed by atoms with Gasteiger partial charge in [-0.25, -0.2) is 5.01 Å². The molecule has 0 fully saturated rings. The van der Waals surface area contributed by atoms with Gasteiger partial charge in [0.1, 0.15) is 35.8 Å². The molecule has 5 amide bonds. The summed E-state index contributed by atoms with van der Waals surface area (Å²) in [6.07, 6.45) is 6.29. The third-order valence-electron chi connectivity index (χ3n) is 8.77. The van der Waals surface area contributed by atoms with E-state index in [0.29, 0.717) is 61.1 Å². The predicted octanol–water partition coefficient (Wildman–Crippen LogP) is 5.44. The van der Waals surface area contributed by atoms with Gasteiger partial charge in [0.15, 0.2) is 6.29 Å². The topological polar surface area (TPSA) is 252 Å². The smallest absolute Gasteiger partial charge is 0.265 e. The third-order valence-corrected chi connectivity index (χ3v) is 8.77. The van der Waals surface area contributed by atoms with Crippen LogP contribution in [0.5, 0.6) is 17.2 Å². The number of allylic oxidation sites excluding steroid dienone is 1. The van der Waals surface area contributed by atoms with Crippen molar-refractivity contribution < 1.29 is 47.8 Å². The minimum atomic E-state index is -0.777. The number of hydrogen-bond donors (Lipinski definition) is 5. The Balaban J connectivity index is 0.000000580. The van der Waals surface area contributed by atoms with E-state index in [1.54, 1.807) is 45.5 Å². The van der Waals surface area contributed by atoms with Crippen molar-refractivity contribution in [3.8, 4) is 17.2 Å². The molecular formula is C44H60N8O10. The first-order valence-electron chi connectivity index (χ1n) is 19.6. The van der Waals surface area contributed by atoms with E-state index >= 15 is 0 Å². The molecule has 1 heterocycles. The van der Waals surface area contributed by atoms with Gasteiger partial charge in [0, 0.05) is 30.9 Å². The molecule has 0 aliphatic carbocycles. The first-order chi connectivity index (χ1) is 29.6. The van der Waals surface area contributed by atoms with E-state index < -0.39 is 17.9 Å². The van der Waals surface area contributed by atoms with Crippen LogP contribution in [0.2, 0.25) is 0 Å². The largest absolute Gasteiger partial charge is 0.497 e. The number of anilines is 2. The first kappa shape index (κ1) is 53.1. The maximum atomic E-state index is 12.4. The van der Waals surface area contributed by atoms with Crippen LogP contribution in [0.25, 0.3) is 6.08 Å². The average Bonchev–Trinajstić information content (AvgIpc) is 3.51. The lowest BCUT2D eigenvalue weighted by Crippen LogP contribution is -2.40. The number of benzene rings is 3. The van der Waals surface area contributed by atoms with Gasteiger partial charge in [-0.15, -0.1) is 0 Å². The van der Waals surface area contributed by atoms with Gasteiger partial charge in [0.2, 0.25) is 18.7 Å². The number of hydrogen-bond acceptors (Lipinski definition) is 13. The van der Waals surface area contributed by atoms with Crippen molar-refractivity contribution in [2.24, 2.45) is 11.0 Å². The monoisotopic (exact) mass is 860 g/mol. The van der Waals surface area contributed by atoms with E-state index in [-0.39, 0.29) is 41.2 Å². The van der Waals surface area contributed by atoms with Crippen molar-refractivity contribution in [3.63, 3.8) is 0 Å². The second-order valence-corrected chi connectivity index (χ2v) is 14.3. The van der Waals surface area contributed by atoms with Crippen molar-refractivity contribution in [1.82, 2.24) is 15.5 Å². The Bertz CT molecular complexity index is 2020. The molecule has 3 aromatic carbocycles. The number of ether oxygens (including phenoxy) is 3. The number of carbonyl (C=O) groups is 7. The van der Waals surface area contributed by atoms with Gasteiger partial charge < -0.3 is 40.7 Å². The number of primary amides is 1. The minimum absolute atomic E-state index is 0.0168. The molecule has 18 nitrogen and oxygen atoms in total. The van der Waals surface area contributed by atoms with Crippen LogP contribution in [-0.4, -0.2) is 95.5 Å². The lowest BCUT2D eigenvalue weighted by molar-refractivity contribution is -0.116. The zero-order chi connectivity index (χ0) is 46.8. The molecule has 0 bridgehead atoms. The number of amides is 5. The molecule has 1 atom stereocenters. The van der Waals surface area contributed by atoms with Crippen LogP contribution in [0, 0.1) is 5.53 Å². The molecule has 0 saturated carbocycles. The molecule has 1 unspecified atom stereocenters. The summed E-state index contributed by atoms with van der Waals surface area (Å²) in [6, 6.07) is 15.2. The van der Waals surface area contributed by atoms with Crippen molar-refractivity contribution in [2.75, 3.05) is 51.8 Å². The van der Waals surface area contributed by atoms with Crippen LogP contribution in [0.3, 0.4) is 0 Å². The minimum Gasteiger partial charge on any atom is -0.497 e. The molecule has 18 heteroatoms. The van der Waals surface area contributed by atoms with Crippen molar-refractivity contribution >= 4 is 60.6 Å². The highest BCUT2D eigenvalue weighted by molar-refractivity contribution is 6.23. The highest BCUT2D eigenvalue weighted by Crippen LogP contribution is 2.36. The van der Waals surface area contributed by atoms with Gasteiger partial charge in [-0.2, -0.15) is 5.53 Å². The van der Waals surface area contributed by atoms with Gasteiger partial charge in [-0.3, -0.25) is 33.7 Å². The van der Waals surface area contributed by atoms with E-state index in [1.807, 2.05) is 39.1 Å². The van der Waals surface area contributed by atoms with Crippen molar-refractivity contribution in [2.45, 2.75) is 71.8 Å². The fourth-order valence-electron chi connectivity index (χ4n) is 5.85. The lowest BCUT2D eigenvalue weighted by atomic mass is 9.85. The number of carbonyl (C=O) groups excluding carboxylic acids is 7. The average molecular weight is 861 g/mol. The number of nitrogens with zero attached hydrogens (tertiary/aromatic N) is 3. The number of rotatable bonds is 19. The first-order valence-corrected chi connectivity index (χ1v) is 19.6. The molecule has 0 aromatic heterocycles. The molecule has 336 valence electrons. The standard InChI is InChI=1S/C26H37N5O3.C15H15NO5.C2H5NO.CH3NO/c1-18(31(30-27)23-17-22(33-6)10-11-24(23)34-7)13-19-14-20(26(2,3)4)16-21(15-19)29-25(32)9-8-12-28-5;1-2-4-10(9-18)16-14(19)11-5-3-6-12(21-8-7-17)13(11)15(16)20;1-3-2-4;2-1-3/h10-11,13-17,27-28H,8-9,12H2,1-7H3,(H,29,32);3,5-7,9-10H,2,4,8H2,1H3;2H,1H3,(H,3,4);1H,(H2,2,3)/b18-13+,30-27?;;;. The Labute approximate surface area is 363 Å². The molecule has 3 aromatic rings. The lowest BCUT2D eigenvalue weighted by Gasteiger charge is -2.23. The highest BCUT2D eigenvalue weighted by atomic mass is 16.5. The number of methoxy groups -OCH3 is 2. The maximum absolute atomic E-state index is 12.4. The van der Waals surface area contributed by atoms with Gasteiger partial charge in [0.25, 0.3) is 11.8 Å². The second-order valence-electron chi connectivity index (χ2n) is 14.3. The SMILES string of the molecule is CCCC(C=O)N1C(=O)c2cccc(OCC=O)c2C1=O.CNC=O.CNCCCC(=O)Nc1cc(/C=C(\C)N(N=N)c2cc(OC)ccc2OC)cc(C(C)(C)C)c1.NC=O. The van der Waals surface area contributed by atoms with E-state index in [2.05, 4.69) is 53.7 Å². The summed E-state index contributed by atoms with van der Waals surface area (Å²) in [5.74, 6) is 0.315. The van der Waals surface area contributed by atoms with Gasteiger partial charge >= 0.3 is 0 Å². The fourth-order valence-corrected chi connectivity index (χ4v) is 5.85. The molecule has 4 rings (SSSR count). The molecule has 6 N–H and O–H groups in total. The molecule has 62 heavy (non-hydrogen) atoms. The molecule has 0 radical (unpaired) electrons. The van der Waals surface area contributed by atoms with E-state index in [1.165, 1.54) is 17.1 Å².